The van der Waals surface area contributed by atoms with Crippen LogP contribution in [0.25, 0.3) is 22.1 Å². The molecule has 1 aromatic heterocycles. The number of nitrogen functional groups attached to an aromatic ring is 1. The van der Waals surface area contributed by atoms with Gasteiger partial charge in [0.2, 0.25) is 0 Å². The van der Waals surface area contributed by atoms with Crippen molar-refractivity contribution in [1.29, 1.82) is 0 Å². The summed E-state index contributed by atoms with van der Waals surface area (Å²) >= 11 is 0. The minimum absolute atomic E-state index is 0.0423. The van der Waals surface area contributed by atoms with Crippen molar-refractivity contribution in [3.05, 3.63) is 95.5 Å². The Morgan fingerprint density at radius 2 is 1.88 bits per heavy atom. The Labute approximate surface area is 238 Å². The molecule has 0 atom stereocenters. The second-order valence-corrected chi connectivity index (χ2v) is 9.91. The number of carbonyl (C=O) groups excluding carboxylic acids is 1. The van der Waals surface area contributed by atoms with E-state index in [1.54, 1.807) is 6.07 Å². The number of carbonyl (C=O) groups is 1. The van der Waals surface area contributed by atoms with Crippen LogP contribution in [-0.4, -0.2) is 48.5 Å². The fraction of sp³-hybridized carbons (Fsp3) is 0.167. The van der Waals surface area contributed by atoms with E-state index in [1.807, 2.05) is 43.3 Å². The highest BCUT2D eigenvalue weighted by molar-refractivity contribution is 6.51. The van der Waals surface area contributed by atoms with Gasteiger partial charge in [-0.05, 0) is 61.1 Å². The Kier molecular flexibility index (Phi) is 7.57. The Morgan fingerprint density at radius 1 is 1.12 bits per heavy atom. The number of benzene rings is 3. The predicted octanol–water partition coefficient (Wildman–Crippen LogP) is 5.73. The first-order valence-corrected chi connectivity index (χ1v) is 12.8. The van der Waals surface area contributed by atoms with Crippen LogP contribution in [0.2, 0.25) is 0 Å². The molecule has 4 N–H and O–H groups in total. The van der Waals surface area contributed by atoms with E-state index in [0.717, 1.165) is 22.1 Å². The Morgan fingerprint density at radius 3 is 2.60 bits per heavy atom. The molecular weight excluding hydrogens is 552 g/mol. The number of nitrogens with two attached hydrogens (primary N) is 2. The number of fused-ring (bicyclic) bond motifs is 1. The number of alkyl halides is 3. The molecule has 0 saturated carbocycles. The second-order valence-electron chi connectivity index (χ2n) is 9.91. The first-order valence-electron chi connectivity index (χ1n) is 12.8. The minimum Gasteiger partial charge on any atom is -0.394 e. The predicted molar refractivity (Wildman–Crippen MR) is 154 cm³/mol. The molecule has 0 unspecified atom stereocenters. The molecule has 0 radical (unpaired) electrons. The first kappa shape index (κ1) is 28.6. The van der Waals surface area contributed by atoms with Crippen LogP contribution in [0, 0.1) is 5.82 Å². The van der Waals surface area contributed by atoms with Crippen molar-refractivity contribution in [3.8, 4) is 11.1 Å². The van der Waals surface area contributed by atoms with E-state index >= 15 is 4.39 Å². The van der Waals surface area contributed by atoms with E-state index in [4.69, 9.17) is 16.0 Å². The van der Waals surface area contributed by atoms with E-state index in [0.29, 0.717) is 23.1 Å². The lowest BCUT2D eigenvalue weighted by molar-refractivity contribution is -0.112. The first-order chi connectivity index (χ1) is 19.9. The number of hydrogen-bond acceptors (Lipinski definition) is 7. The van der Waals surface area contributed by atoms with Crippen LogP contribution in [0.15, 0.2) is 93.6 Å². The summed E-state index contributed by atoms with van der Waals surface area (Å²) in [4.78, 5) is 21.1. The molecule has 42 heavy (non-hydrogen) atoms. The molecule has 4 aromatic rings. The molecule has 8 nitrogen and oxygen atoms in total. The zero-order valence-electron chi connectivity index (χ0n) is 22.6. The van der Waals surface area contributed by atoms with Gasteiger partial charge in [-0.2, -0.15) is 13.2 Å². The number of aromatic nitrogens is 1. The van der Waals surface area contributed by atoms with Crippen LogP contribution in [0.4, 0.5) is 34.8 Å². The van der Waals surface area contributed by atoms with Crippen molar-refractivity contribution < 1.29 is 26.9 Å². The molecule has 2 heterocycles. The van der Waals surface area contributed by atoms with E-state index in [-0.39, 0.29) is 23.7 Å². The fourth-order valence-corrected chi connectivity index (χ4v) is 4.68. The lowest BCUT2D eigenvalue weighted by Gasteiger charge is -2.22. The van der Waals surface area contributed by atoms with Gasteiger partial charge < -0.3 is 25.8 Å². The number of nitrogens with zero attached hydrogens (tertiary/aromatic N) is 4. The molecule has 0 aliphatic carbocycles. The Bertz CT molecular complexity index is 1770. The van der Waals surface area contributed by atoms with Gasteiger partial charge in [0.15, 0.2) is 11.4 Å². The van der Waals surface area contributed by atoms with Crippen molar-refractivity contribution in [2.45, 2.75) is 12.7 Å². The van der Waals surface area contributed by atoms with Crippen LogP contribution < -0.4 is 16.4 Å². The van der Waals surface area contributed by atoms with Crippen molar-refractivity contribution in [2.75, 3.05) is 31.3 Å². The molecule has 0 fully saturated rings. The van der Waals surface area contributed by atoms with E-state index in [2.05, 4.69) is 10.1 Å². The molecule has 0 bridgehead atoms. The summed E-state index contributed by atoms with van der Waals surface area (Å²) in [6.07, 6.45) is -2.59. The Balaban J connectivity index is 1.60. The van der Waals surface area contributed by atoms with Crippen LogP contribution in [0.1, 0.15) is 5.56 Å². The molecule has 1 aliphatic heterocycles. The average Bonchev–Trinajstić information content (AvgIpc) is 3.23. The highest BCUT2D eigenvalue weighted by Crippen LogP contribution is 2.33. The van der Waals surface area contributed by atoms with E-state index < -0.39 is 34.9 Å². The van der Waals surface area contributed by atoms with Gasteiger partial charge in [-0.15, -0.1) is 0 Å². The third kappa shape index (κ3) is 5.61. The maximum absolute atomic E-state index is 15.7. The molecule has 5 rings (SSSR count). The minimum atomic E-state index is -4.95. The topological polar surface area (TPSA) is 114 Å². The summed E-state index contributed by atoms with van der Waals surface area (Å²) < 4.78 is 61.9. The maximum atomic E-state index is 15.7. The molecule has 3 aromatic carbocycles. The van der Waals surface area contributed by atoms with Crippen molar-refractivity contribution >= 4 is 39.8 Å². The van der Waals surface area contributed by atoms with Crippen molar-refractivity contribution in [1.82, 2.24) is 10.1 Å². The van der Waals surface area contributed by atoms with Gasteiger partial charge in [0.05, 0.1) is 16.8 Å². The highest BCUT2D eigenvalue weighted by atomic mass is 19.4. The van der Waals surface area contributed by atoms with Gasteiger partial charge in [-0.3, -0.25) is 4.79 Å². The summed E-state index contributed by atoms with van der Waals surface area (Å²) in [5, 5.41) is 4.00. The summed E-state index contributed by atoms with van der Waals surface area (Å²) in [5.74, 6) is -1.66. The van der Waals surface area contributed by atoms with Crippen molar-refractivity contribution in [3.63, 3.8) is 0 Å². The number of hydrogen-bond donors (Lipinski definition) is 2. The quantitative estimate of drug-likeness (QED) is 0.293. The number of aliphatic imine (C=N–C) groups is 1. The number of amides is 1. The normalized spacial score (nSPS) is 16.5. The van der Waals surface area contributed by atoms with Crippen LogP contribution >= 0.6 is 0 Å². The number of halogens is 4. The lowest BCUT2D eigenvalue weighted by atomic mass is 9.98. The SMILES string of the molecule is CN(C)Cc1ccccc1-c1ccc(N2CC=CC(=C(N)C(F)(F)F)C(=Nc3ccc4onc(N)c4c3)C2=O)c(F)c1. The van der Waals surface area contributed by atoms with Crippen LogP contribution in [0.3, 0.4) is 0 Å². The lowest BCUT2D eigenvalue weighted by Crippen LogP contribution is -2.38. The van der Waals surface area contributed by atoms with Gasteiger partial charge in [-0.25, -0.2) is 9.38 Å². The van der Waals surface area contributed by atoms with E-state index in [1.165, 1.54) is 36.4 Å². The molecule has 12 heteroatoms. The fourth-order valence-electron chi connectivity index (χ4n) is 4.68. The zero-order chi connectivity index (χ0) is 30.2. The van der Waals surface area contributed by atoms with Gasteiger partial charge in [0.1, 0.15) is 17.2 Å². The smallest absolute Gasteiger partial charge is 0.394 e. The Hall–Kier alpha value is -4.97. The largest absolute Gasteiger partial charge is 0.431 e. The standard InChI is InChI=1S/C30H26F4N6O2/c1-39(2)16-18-6-3-4-7-20(18)17-9-11-24(23(31)14-17)40-13-5-8-21(27(35)30(32,33)34)26(29(40)41)37-19-10-12-25-22(15-19)28(36)38-42-25/h3-12,14-15H,13,16,35H2,1-2H3,(H2,36,38). The third-order valence-corrected chi connectivity index (χ3v) is 6.65. The molecule has 0 spiro atoms. The van der Waals surface area contributed by atoms with Gasteiger partial charge in [0, 0.05) is 18.7 Å². The number of rotatable bonds is 5. The van der Waals surface area contributed by atoms with Crippen molar-refractivity contribution in [2.24, 2.45) is 10.7 Å². The maximum Gasteiger partial charge on any atom is 0.431 e. The average molecular weight is 579 g/mol. The molecular formula is C30H26F4N6O2. The summed E-state index contributed by atoms with van der Waals surface area (Å²) in [5.41, 5.74) is 11.2. The summed E-state index contributed by atoms with van der Waals surface area (Å²) in [7, 11) is 3.84. The van der Waals surface area contributed by atoms with E-state index in [9.17, 15) is 18.0 Å². The monoisotopic (exact) mass is 578 g/mol. The third-order valence-electron chi connectivity index (χ3n) is 6.65. The molecule has 1 amide bonds. The summed E-state index contributed by atoms with van der Waals surface area (Å²) in [6.45, 7) is 0.397. The molecule has 0 saturated heterocycles. The van der Waals surface area contributed by atoms with Crippen LogP contribution in [-0.2, 0) is 11.3 Å². The van der Waals surface area contributed by atoms with Gasteiger partial charge in [0.25, 0.3) is 5.91 Å². The summed E-state index contributed by atoms with van der Waals surface area (Å²) in [6, 6.07) is 16.2. The second kappa shape index (κ2) is 11.1. The molecule has 216 valence electrons. The highest BCUT2D eigenvalue weighted by Gasteiger charge is 2.38. The van der Waals surface area contributed by atoms with Gasteiger partial charge in [-0.1, -0.05) is 47.6 Å². The van der Waals surface area contributed by atoms with Gasteiger partial charge >= 0.3 is 6.18 Å². The number of anilines is 2. The zero-order valence-corrected chi connectivity index (χ0v) is 22.6. The van der Waals surface area contributed by atoms with Crippen LogP contribution in [0.5, 0.6) is 0 Å². The molecule has 1 aliphatic rings. The number of allylic oxidation sites excluding steroid dienone is 2.